The predicted octanol–water partition coefficient (Wildman–Crippen LogP) is 4.42. The van der Waals surface area contributed by atoms with Gasteiger partial charge in [-0.2, -0.15) is 0 Å². The smallest absolute Gasteiger partial charge is 0.253 e. The molecule has 324 valence electrons. The number of pyridine rings is 1. The topological polar surface area (TPSA) is 210 Å². The number of nitrogens with zero attached hydrogens (tertiary/aromatic N) is 5. The third kappa shape index (κ3) is 10.3. The van der Waals surface area contributed by atoms with Gasteiger partial charge in [0.05, 0.1) is 23.7 Å². The minimum Gasteiger partial charge on any atom is -0.507 e. The van der Waals surface area contributed by atoms with Crippen molar-refractivity contribution in [2.24, 2.45) is 23.1 Å². The van der Waals surface area contributed by atoms with Crippen LogP contribution in [0.2, 0.25) is 0 Å². The molecule has 2 aromatic heterocycles. The molecule has 3 aliphatic rings. The summed E-state index contributed by atoms with van der Waals surface area (Å²) in [7, 11) is 0. The molecule has 0 spiro atoms. The number of nitrogens with two attached hydrogens (primary N) is 3. The molecule has 2 aromatic carbocycles. The van der Waals surface area contributed by atoms with Crippen LogP contribution in [0.5, 0.6) is 5.75 Å². The number of anilines is 1. The predicted molar refractivity (Wildman–Crippen MR) is 237 cm³/mol. The molecule has 0 aliphatic carbocycles. The van der Waals surface area contributed by atoms with Crippen LogP contribution >= 0.6 is 0 Å². The SMILES string of the molecule is CCc1cn(C2CCN(CC3CCN(C(=O)c4ccc(C5CN(C(/C=C(\N)c6ccccc6O)=C(N)N)CC(C)O5)cc4)CC3)CC2)c2ncc(NC(=O)CCNC=O)cc12. The molecule has 3 fully saturated rings. The Morgan fingerprint density at radius 1 is 0.967 bits per heavy atom. The lowest BCUT2D eigenvalue weighted by atomic mass is 9.94. The molecule has 15 heteroatoms. The number of aromatic hydroxyl groups is 1. The van der Waals surface area contributed by atoms with Crippen molar-refractivity contribution in [3.05, 3.63) is 107 Å². The average Bonchev–Trinajstić information content (AvgIpc) is 3.63. The molecule has 3 amide bonds. The second kappa shape index (κ2) is 19.5. The van der Waals surface area contributed by atoms with Crippen LogP contribution in [-0.4, -0.2) is 106 Å². The molecule has 5 heterocycles. The Labute approximate surface area is 357 Å². The number of allylic oxidation sites excluding steroid dienone is 1. The van der Waals surface area contributed by atoms with Gasteiger partial charge in [0.15, 0.2) is 0 Å². The third-order valence-electron chi connectivity index (χ3n) is 12.3. The largest absolute Gasteiger partial charge is 0.507 e. The first kappa shape index (κ1) is 43.0. The number of carbonyl (C=O) groups is 3. The maximum atomic E-state index is 13.7. The van der Waals surface area contributed by atoms with Gasteiger partial charge in [0.2, 0.25) is 12.3 Å². The van der Waals surface area contributed by atoms with Crippen LogP contribution in [0.25, 0.3) is 16.7 Å². The van der Waals surface area contributed by atoms with Gasteiger partial charge >= 0.3 is 0 Å². The Hall–Kier alpha value is -6.06. The molecular weight excluding hydrogens is 773 g/mol. The quantitative estimate of drug-likeness (QED) is 0.0596. The number of benzene rings is 2. The van der Waals surface area contributed by atoms with Crippen LogP contribution in [0.3, 0.4) is 0 Å². The third-order valence-corrected chi connectivity index (χ3v) is 12.3. The van der Waals surface area contributed by atoms with Crippen molar-refractivity contribution >= 4 is 40.6 Å². The number of likely N-dealkylation sites (tertiary alicyclic amines) is 2. The van der Waals surface area contributed by atoms with Crippen molar-refractivity contribution in [3.63, 3.8) is 0 Å². The zero-order valence-electron chi connectivity index (χ0n) is 35.3. The number of phenolic OH excluding ortho intramolecular Hbond substituents is 1. The molecular formula is C46H60N10O5. The van der Waals surface area contributed by atoms with E-state index in [1.165, 1.54) is 5.56 Å². The fraction of sp³-hybridized carbons (Fsp3) is 0.435. The van der Waals surface area contributed by atoms with Crippen LogP contribution in [0.15, 0.2) is 84.6 Å². The number of carbonyl (C=O) groups excluding carboxylic acids is 3. The van der Waals surface area contributed by atoms with E-state index in [2.05, 4.69) is 38.1 Å². The molecule has 2 atom stereocenters. The molecule has 9 N–H and O–H groups in total. The first-order valence-electron chi connectivity index (χ1n) is 21.5. The number of aryl methyl sites for hydroxylation is 1. The van der Waals surface area contributed by atoms with Gasteiger partial charge in [-0.3, -0.25) is 14.4 Å². The number of piperidine rings is 2. The maximum Gasteiger partial charge on any atom is 0.253 e. The van der Waals surface area contributed by atoms with Crippen LogP contribution < -0.4 is 27.8 Å². The Morgan fingerprint density at radius 3 is 2.39 bits per heavy atom. The highest BCUT2D eigenvalue weighted by atomic mass is 16.5. The van der Waals surface area contributed by atoms with E-state index in [1.807, 2.05) is 42.2 Å². The molecule has 4 aromatic rings. The summed E-state index contributed by atoms with van der Waals surface area (Å²) >= 11 is 0. The summed E-state index contributed by atoms with van der Waals surface area (Å²) in [5.74, 6) is 0.628. The first-order valence-corrected chi connectivity index (χ1v) is 21.5. The van der Waals surface area contributed by atoms with E-state index in [1.54, 1.807) is 36.5 Å². The van der Waals surface area contributed by atoms with Gasteiger partial charge in [-0.1, -0.05) is 31.2 Å². The zero-order chi connectivity index (χ0) is 43.0. The summed E-state index contributed by atoms with van der Waals surface area (Å²) in [5.41, 5.74) is 24.6. The fourth-order valence-corrected chi connectivity index (χ4v) is 9.01. The number of fused-ring (bicyclic) bond motifs is 1. The number of hydrogen-bond donors (Lipinski definition) is 6. The van der Waals surface area contributed by atoms with E-state index in [9.17, 15) is 19.5 Å². The number of morpholine rings is 1. The summed E-state index contributed by atoms with van der Waals surface area (Å²) in [4.78, 5) is 47.9. The van der Waals surface area contributed by atoms with Crippen LogP contribution in [0.4, 0.5) is 5.69 Å². The Bertz CT molecular complexity index is 2230. The van der Waals surface area contributed by atoms with Crippen molar-refractivity contribution in [3.8, 4) is 5.75 Å². The molecule has 0 bridgehead atoms. The first-order chi connectivity index (χ1) is 29.5. The van der Waals surface area contributed by atoms with Crippen molar-refractivity contribution < 1.29 is 24.2 Å². The second-order valence-electron chi connectivity index (χ2n) is 16.6. The molecule has 3 saturated heterocycles. The Kier molecular flexibility index (Phi) is 13.8. The molecule has 7 rings (SSSR count). The van der Waals surface area contributed by atoms with E-state index >= 15 is 0 Å². The highest BCUT2D eigenvalue weighted by molar-refractivity contribution is 5.94. The van der Waals surface area contributed by atoms with E-state index in [0.717, 1.165) is 81.4 Å². The van der Waals surface area contributed by atoms with Crippen molar-refractivity contribution in [2.75, 3.05) is 57.7 Å². The minimum absolute atomic E-state index is 0.0525. The van der Waals surface area contributed by atoms with Crippen molar-refractivity contribution in [2.45, 2.75) is 70.6 Å². The number of rotatable bonds is 14. The second-order valence-corrected chi connectivity index (χ2v) is 16.6. The lowest BCUT2D eigenvalue weighted by Crippen LogP contribution is -2.43. The van der Waals surface area contributed by atoms with Crippen LogP contribution in [0.1, 0.15) is 85.1 Å². The number of amides is 3. The summed E-state index contributed by atoms with van der Waals surface area (Å²) in [6.45, 7) is 10.0. The molecule has 61 heavy (non-hydrogen) atoms. The van der Waals surface area contributed by atoms with E-state index < -0.39 is 0 Å². The lowest BCUT2D eigenvalue weighted by Gasteiger charge is -2.39. The number of para-hydroxylation sites is 1. The average molecular weight is 833 g/mol. The van der Waals surface area contributed by atoms with E-state index in [4.69, 9.17) is 26.9 Å². The van der Waals surface area contributed by atoms with Gasteiger partial charge in [0.25, 0.3) is 5.91 Å². The van der Waals surface area contributed by atoms with Crippen molar-refractivity contribution in [1.82, 2.24) is 29.6 Å². The maximum absolute atomic E-state index is 13.7. The van der Waals surface area contributed by atoms with Crippen LogP contribution in [0, 0.1) is 5.92 Å². The standard InChI is InChI=1S/C46H60N10O5/c1-3-32-27-56(45-38(32)22-35(24-51-45)52-43(59)12-17-50-29-57)36-15-18-53(19-16-36)26-31-13-20-54(21-14-31)46(60)34-10-8-33(9-11-34)42-28-55(25-30(2)61-42)40(44(48)49)23-39(47)37-6-4-5-7-41(37)58/h4-11,22-24,27,29-31,36,42,58H,3,12-21,25-26,28,47-49H2,1-2H3,(H,50,57)(H,52,59)/b39-23-. The zero-order valence-corrected chi connectivity index (χ0v) is 35.3. The number of ether oxygens (including phenoxy) is 1. The van der Waals surface area contributed by atoms with E-state index in [0.29, 0.717) is 66.2 Å². The highest BCUT2D eigenvalue weighted by Crippen LogP contribution is 2.33. The number of phenols is 1. The van der Waals surface area contributed by atoms with Crippen LogP contribution in [-0.2, 0) is 20.7 Å². The molecule has 0 radical (unpaired) electrons. The minimum atomic E-state index is -0.283. The van der Waals surface area contributed by atoms with Gasteiger partial charge in [-0.05, 0) is 92.5 Å². The summed E-state index contributed by atoms with van der Waals surface area (Å²) in [6, 6.07) is 17.0. The van der Waals surface area contributed by atoms with Gasteiger partial charge in [0, 0.05) is 93.2 Å². The van der Waals surface area contributed by atoms with Crippen molar-refractivity contribution in [1.29, 1.82) is 0 Å². The number of aromatic nitrogens is 2. The Balaban J connectivity index is 0.889. The monoisotopic (exact) mass is 832 g/mol. The van der Waals surface area contributed by atoms with Gasteiger partial charge in [0.1, 0.15) is 23.3 Å². The summed E-state index contributed by atoms with van der Waals surface area (Å²) in [6.07, 6.45) is 10.9. The Morgan fingerprint density at radius 2 is 1.70 bits per heavy atom. The summed E-state index contributed by atoms with van der Waals surface area (Å²) in [5, 5.41) is 16.8. The number of nitrogens with one attached hydrogen (secondary N) is 2. The molecule has 0 saturated carbocycles. The van der Waals surface area contributed by atoms with Gasteiger partial charge in [-0.25, -0.2) is 4.98 Å². The highest BCUT2D eigenvalue weighted by Gasteiger charge is 2.31. The van der Waals surface area contributed by atoms with Gasteiger partial charge in [-0.15, -0.1) is 0 Å². The molecule has 2 unspecified atom stereocenters. The summed E-state index contributed by atoms with van der Waals surface area (Å²) < 4.78 is 8.68. The number of hydrogen-bond acceptors (Lipinski definition) is 11. The molecule has 3 aliphatic heterocycles. The van der Waals surface area contributed by atoms with Gasteiger partial charge < -0.3 is 56.9 Å². The lowest BCUT2D eigenvalue weighted by molar-refractivity contribution is -0.116. The molecule has 15 nitrogen and oxygen atoms in total. The van der Waals surface area contributed by atoms with E-state index in [-0.39, 0.29) is 42.0 Å². The fourth-order valence-electron chi connectivity index (χ4n) is 9.01. The normalized spacial score (nSPS) is 19.5.